The number of amides is 1. The van der Waals surface area contributed by atoms with Gasteiger partial charge in [0.25, 0.3) is 5.91 Å². The lowest BCUT2D eigenvalue weighted by Gasteiger charge is -2.14. The molecule has 0 aromatic carbocycles. The molecule has 0 saturated heterocycles. The van der Waals surface area contributed by atoms with Crippen LogP contribution in [-0.2, 0) is 6.54 Å². The van der Waals surface area contributed by atoms with E-state index in [1.807, 2.05) is 27.0 Å². The lowest BCUT2D eigenvalue weighted by molar-refractivity contribution is 0.0944. The van der Waals surface area contributed by atoms with Crippen molar-refractivity contribution in [1.82, 2.24) is 20.0 Å². The van der Waals surface area contributed by atoms with Crippen molar-refractivity contribution in [1.29, 1.82) is 0 Å². The van der Waals surface area contributed by atoms with E-state index in [0.29, 0.717) is 23.8 Å². The average Bonchev–Trinajstić information content (AvgIpc) is 3.06. The highest BCUT2D eigenvalue weighted by Crippen LogP contribution is 2.18. The van der Waals surface area contributed by atoms with Gasteiger partial charge in [0, 0.05) is 31.4 Å². The topological polar surface area (TPSA) is 73.0 Å². The summed E-state index contributed by atoms with van der Waals surface area (Å²) >= 11 is 0. The molecular weight excluding hydrogens is 268 g/mol. The van der Waals surface area contributed by atoms with Crippen molar-refractivity contribution in [3.05, 3.63) is 35.7 Å². The molecule has 0 bridgehead atoms. The zero-order chi connectivity index (χ0) is 15.4. The lowest BCUT2D eigenvalue weighted by atomic mass is 10.1. The molecule has 2 heterocycles. The highest BCUT2D eigenvalue weighted by Gasteiger charge is 2.19. The monoisotopic (exact) mass is 290 g/mol. The Bertz CT molecular complexity index is 600. The van der Waals surface area contributed by atoms with Gasteiger partial charge in [-0.3, -0.25) is 4.79 Å². The predicted molar refractivity (Wildman–Crippen MR) is 79.1 cm³/mol. The van der Waals surface area contributed by atoms with E-state index in [1.54, 1.807) is 6.20 Å². The van der Waals surface area contributed by atoms with Crippen LogP contribution in [0.15, 0.2) is 23.1 Å². The molecule has 0 saturated carbocycles. The molecule has 2 aromatic heterocycles. The number of nitrogens with one attached hydrogen (secondary N) is 1. The van der Waals surface area contributed by atoms with Crippen molar-refractivity contribution in [2.75, 3.05) is 6.54 Å². The molecule has 0 fully saturated rings. The maximum atomic E-state index is 12.2. The van der Waals surface area contributed by atoms with E-state index in [9.17, 15) is 4.79 Å². The minimum atomic E-state index is -0.130. The van der Waals surface area contributed by atoms with Crippen LogP contribution < -0.4 is 5.32 Å². The van der Waals surface area contributed by atoms with Gasteiger partial charge >= 0.3 is 0 Å². The predicted octanol–water partition coefficient (Wildman–Crippen LogP) is 2.37. The van der Waals surface area contributed by atoms with Gasteiger partial charge in [0.1, 0.15) is 11.4 Å². The highest BCUT2D eigenvalue weighted by molar-refractivity contribution is 5.94. The van der Waals surface area contributed by atoms with Gasteiger partial charge in [0.05, 0.1) is 6.20 Å². The van der Waals surface area contributed by atoms with Crippen LogP contribution in [0.4, 0.5) is 0 Å². The molecule has 6 heteroatoms. The molecule has 1 atom stereocenters. The van der Waals surface area contributed by atoms with Crippen LogP contribution in [0.25, 0.3) is 0 Å². The Kier molecular flexibility index (Phi) is 4.77. The molecule has 0 aliphatic carbocycles. The molecule has 0 aliphatic rings. The Balaban J connectivity index is 1.89. The number of carbonyl (C=O) groups excluding carboxylic acids is 1. The molecule has 6 nitrogen and oxygen atoms in total. The Morgan fingerprint density at radius 1 is 1.43 bits per heavy atom. The number of imidazole rings is 1. The standard InChI is InChI=1S/C15H22N4O2/c1-10(2)14-13(8-18-21-14)15(20)17-7-11(3)9-19-6-5-16-12(19)4/h5-6,8,10-11H,7,9H2,1-4H3,(H,17,20). The average molecular weight is 290 g/mol. The number of aromatic nitrogens is 3. The fraction of sp³-hybridized carbons (Fsp3) is 0.533. The first-order valence-corrected chi connectivity index (χ1v) is 7.19. The fourth-order valence-corrected chi connectivity index (χ4v) is 2.19. The summed E-state index contributed by atoms with van der Waals surface area (Å²) in [5.74, 6) is 1.93. The summed E-state index contributed by atoms with van der Waals surface area (Å²) in [7, 11) is 0. The molecule has 2 aromatic rings. The third-order valence-electron chi connectivity index (χ3n) is 3.41. The Morgan fingerprint density at radius 3 is 2.81 bits per heavy atom. The van der Waals surface area contributed by atoms with Gasteiger partial charge in [0.2, 0.25) is 0 Å². The number of hydrogen-bond acceptors (Lipinski definition) is 4. The van der Waals surface area contributed by atoms with E-state index in [0.717, 1.165) is 12.4 Å². The summed E-state index contributed by atoms with van der Waals surface area (Å²) in [6.45, 7) is 9.43. The first kappa shape index (κ1) is 15.3. The van der Waals surface area contributed by atoms with Gasteiger partial charge in [-0.15, -0.1) is 0 Å². The summed E-state index contributed by atoms with van der Waals surface area (Å²) in [6, 6.07) is 0. The fourth-order valence-electron chi connectivity index (χ4n) is 2.19. The second kappa shape index (κ2) is 6.56. The summed E-state index contributed by atoms with van der Waals surface area (Å²) in [5, 5.41) is 6.66. The maximum Gasteiger partial charge on any atom is 0.256 e. The summed E-state index contributed by atoms with van der Waals surface area (Å²) in [4.78, 5) is 16.4. The second-order valence-corrected chi connectivity index (χ2v) is 5.70. The zero-order valence-corrected chi connectivity index (χ0v) is 13.0. The lowest BCUT2D eigenvalue weighted by Crippen LogP contribution is -2.30. The van der Waals surface area contributed by atoms with E-state index in [2.05, 4.69) is 26.9 Å². The molecule has 0 spiro atoms. The van der Waals surface area contributed by atoms with E-state index >= 15 is 0 Å². The van der Waals surface area contributed by atoms with Crippen molar-refractivity contribution in [2.45, 2.75) is 40.2 Å². The zero-order valence-electron chi connectivity index (χ0n) is 13.0. The summed E-state index contributed by atoms with van der Waals surface area (Å²) < 4.78 is 7.21. The van der Waals surface area contributed by atoms with Gasteiger partial charge in [-0.25, -0.2) is 4.98 Å². The van der Waals surface area contributed by atoms with Crippen LogP contribution in [0.3, 0.4) is 0 Å². The van der Waals surface area contributed by atoms with Gasteiger partial charge in [-0.2, -0.15) is 0 Å². The minimum Gasteiger partial charge on any atom is -0.360 e. The van der Waals surface area contributed by atoms with Crippen molar-refractivity contribution < 1.29 is 9.32 Å². The maximum absolute atomic E-state index is 12.2. The molecule has 2 rings (SSSR count). The first-order chi connectivity index (χ1) is 9.99. The molecule has 114 valence electrons. The van der Waals surface area contributed by atoms with Crippen LogP contribution in [-0.4, -0.2) is 27.2 Å². The largest absolute Gasteiger partial charge is 0.360 e. The molecule has 21 heavy (non-hydrogen) atoms. The summed E-state index contributed by atoms with van der Waals surface area (Å²) in [6.07, 6.45) is 5.21. The quantitative estimate of drug-likeness (QED) is 0.886. The molecule has 0 aliphatic heterocycles. The van der Waals surface area contributed by atoms with Crippen molar-refractivity contribution in [3.63, 3.8) is 0 Å². The molecular formula is C15H22N4O2. The van der Waals surface area contributed by atoms with Gasteiger partial charge < -0.3 is 14.4 Å². The van der Waals surface area contributed by atoms with Crippen LogP contribution in [0.1, 0.15) is 48.6 Å². The Labute approximate surface area is 124 Å². The smallest absolute Gasteiger partial charge is 0.256 e. The van der Waals surface area contributed by atoms with Crippen molar-refractivity contribution in [3.8, 4) is 0 Å². The van der Waals surface area contributed by atoms with E-state index < -0.39 is 0 Å². The molecule has 0 radical (unpaired) electrons. The third-order valence-corrected chi connectivity index (χ3v) is 3.41. The van der Waals surface area contributed by atoms with Crippen LogP contribution in [0.5, 0.6) is 0 Å². The van der Waals surface area contributed by atoms with Crippen LogP contribution in [0, 0.1) is 12.8 Å². The van der Waals surface area contributed by atoms with Crippen LogP contribution >= 0.6 is 0 Å². The van der Waals surface area contributed by atoms with Crippen molar-refractivity contribution in [2.24, 2.45) is 5.92 Å². The number of nitrogens with zero attached hydrogens (tertiary/aromatic N) is 3. The minimum absolute atomic E-state index is 0.130. The van der Waals surface area contributed by atoms with Gasteiger partial charge in [-0.05, 0) is 12.8 Å². The number of aryl methyl sites for hydroxylation is 1. The molecule has 1 amide bonds. The van der Waals surface area contributed by atoms with Gasteiger partial charge in [0.15, 0.2) is 5.76 Å². The third kappa shape index (κ3) is 3.71. The molecule has 1 unspecified atom stereocenters. The van der Waals surface area contributed by atoms with E-state index in [1.165, 1.54) is 6.20 Å². The number of carbonyl (C=O) groups is 1. The second-order valence-electron chi connectivity index (χ2n) is 5.70. The first-order valence-electron chi connectivity index (χ1n) is 7.19. The normalized spacial score (nSPS) is 12.6. The number of hydrogen-bond donors (Lipinski definition) is 1. The SMILES string of the molecule is Cc1nccn1CC(C)CNC(=O)c1cnoc1C(C)C. The van der Waals surface area contributed by atoms with E-state index in [-0.39, 0.29) is 11.8 Å². The Morgan fingerprint density at radius 2 is 2.19 bits per heavy atom. The summed E-state index contributed by atoms with van der Waals surface area (Å²) in [5.41, 5.74) is 0.524. The highest BCUT2D eigenvalue weighted by atomic mass is 16.5. The van der Waals surface area contributed by atoms with Crippen LogP contribution in [0.2, 0.25) is 0 Å². The van der Waals surface area contributed by atoms with E-state index in [4.69, 9.17) is 4.52 Å². The Hall–Kier alpha value is -2.11. The van der Waals surface area contributed by atoms with Gasteiger partial charge in [-0.1, -0.05) is 25.9 Å². The number of rotatable bonds is 6. The van der Waals surface area contributed by atoms with Crippen molar-refractivity contribution >= 4 is 5.91 Å². The molecule has 1 N–H and O–H groups in total.